The van der Waals surface area contributed by atoms with Crippen molar-refractivity contribution in [2.45, 2.75) is 40.8 Å². The molecular formula is C38H42N2O2. The molecule has 1 heterocycles. The van der Waals surface area contributed by atoms with Crippen LogP contribution in [0.4, 0.5) is 0 Å². The molecule has 0 saturated carbocycles. The molecule has 5 rings (SSSR count). The summed E-state index contributed by atoms with van der Waals surface area (Å²) in [5.41, 5.74) is 10.8. The molecule has 0 spiro atoms. The van der Waals surface area contributed by atoms with Crippen molar-refractivity contribution in [3.8, 4) is 11.5 Å². The van der Waals surface area contributed by atoms with Crippen LogP contribution in [0.2, 0.25) is 0 Å². The van der Waals surface area contributed by atoms with Crippen LogP contribution in [-0.2, 0) is 13.1 Å². The Balaban J connectivity index is 1.21. The quantitative estimate of drug-likeness (QED) is 0.215. The second-order valence-corrected chi connectivity index (χ2v) is 11.6. The first-order chi connectivity index (χ1) is 20.3. The standard InChI is InChI=1S/C38H42N2O2/c1-27-9-5-7-11-33(27)13-15-35-23-31(21-29(3)37(35)41)25-39-17-19-40(20-18-39)26-32-22-30(4)38(42)36(24-32)16-14-34-12-8-6-10-28(34)2/h5-16,21-24,41-42H,17-20,25-26H2,1-4H3/b15-13+,16-14+. The Bertz CT molecular complexity index is 1490. The summed E-state index contributed by atoms with van der Waals surface area (Å²) in [6.07, 6.45) is 8.22. The minimum Gasteiger partial charge on any atom is -0.507 e. The summed E-state index contributed by atoms with van der Waals surface area (Å²) in [5, 5.41) is 21.4. The van der Waals surface area contributed by atoms with Gasteiger partial charge in [-0.25, -0.2) is 0 Å². The van der Waals surface area contributed by atoms with Gasteiger partial charge in [-0.05, 0) is 84.3 Å². The molecule has 1 fully saturated rings. The zero-order valence-electron chi connectivity index (χ0n) is 25.3. The van der Waals surface area contributed by atoms with Crippen LogP contribution in [-0.4, -0.2) is 46.2 Å². The third-order valence-corrected chi connectivity index (χ3v) is 8.32. The van der Waals surface area contributed by atoms with Crippen LogP contribution in [0.25, 0.3) is 24.3 Å². The largest absolute Gasteiger partial charge is 0.507 e. The van der Waals surface area contributed by atoms with Gasteiger partial charge in [0.05, 0.1) is 0 Å². The molecule has 216 valence electrons. The molecule has 0 aromatic heterocycles. The zero-order valence-corrected chi connectivity index (χ0v) is 25.3. The number of benzene rings is 4. The highest BCUT2D eigenvalue weighted by atomic mass is 16.3. The molecular weight excluding hydrogens is 516 g/mol. The number of aromatic hydroxyl groups is 2. The summed E-state index contributed by atoms with van der Waals surface area (Å²) < 4.78 is 0. The fourth-order valence-electron chi connectivity index (χ4n) is 5.73. The van der Waals surface area contributed by atoms with Crippen molar-refractivity contribution >= 4 is 24.3 Å². The molecule has 2 N–H and O–H groups in total. The lowest BCUT2D eigenvalue weighted by atomic mass is 10.0. The first-order valence-electron chi connectivity index (χ1n) is 14.8. The van der Waals surface area contributed by atoms with Gasteiger partial charge in [0.25, 0.3) is 0 Å². The molecule has 42 heavy (non-hydrogen) atoms. The van der Waals surface area contributed by atoms with E-state index in [1.54, 1.807) is 0 Å². The van der Waals surface area contributed by atoms with Gasteiger partial charge in [-0.2, -0.15) is 0 Å². The number of piperazine rings is 1. The van der Waals surface area contributed by atoms with Gasteiger partial charge < -0.3 is 10.2 Å². The van der Waals surface area contributed by atoms with Gasteiger partial charge in [0, 0.05) is 50.4 Å². The number of phenolic OH excluding ortho intramolecular Hbond substituents is 2. The molecule has 4 aromatic carbocycles. The molecule has 0 aliphatic carbocycles. The maximum absolute atomic E-state index is 10.7. The Morgan fingerprint density at radius 3 is 1.24 bits per heavy atom. The van der Waals surface area contributed by atoms with E-state index < -0.39 is 0 Å². The number of hydrogen-bond acceptors (Lipinski definition) is 4. The van der Waals surface area contributed by atoms with E-state index in [0.717, 1.165) is 72.6 Å². The minimum absolute atomic E-state index is 0.353. The number of aryl methyl sites for hydroxylation is 4. The first kappa shape index (κ1) is 29.4. The number of phenols is 2. The van der Waals surface area contributed by atoms with Gasteiger partial charge in [-0.1, -0.05) is 85.0 Å². The van der Waals surface area contributed by atoms with Crippen molar-refractivity contribution in [2.24, 2.45) is 0 Å². The van der Waals surface area contributed by atoms with E-state index in [1.165, 1.54) is 22.3 Å². The van der Waals surface area contributed by atoms with Crippen LogP contribution in [0.3, 0.4) is 0 Å². The van der Waals surface area contributed by atoms with Crippen LogP contribution in [0.15, 0.2) is 72.8 Å². The van der Waals surface area contributed by atoms with Crippen molar-refractivity contribution in [3.63, 3.8) is 0 Å². The number of rotatable bonds is 8. The summed E-state index contributed by atoms with van der Waals surface area (Å²) in [7, 11) is 0. The van der Waals surface area contributed by atoms with Gasteiger partial charge in [-0.15, -0.1) is 0 Å². The van der Waals surface area contributed by atoms with Crippen LogP contribution in [0.5, 0.6) is 11.5 Å². The summed E-state index contributed by atoms with van der Waals surface area (Å²) in [6, 6.07) is 25.0. The highest BCUT2D eigenvalue weighted by Crippen LogP contribution is 2.29. The lowest BCUT2D eigenvalue weighted by molar-refractivity contribution is 0.122. The Morgan fingerprint density at radius 1 is 0.500 bits per heavy atom. The molecule has 0 bridgehead atoms. The Kier molecular flexibility index (Phi) is 9.26. The molecule has 1 saturated heterocycles. The van der Waals surface area contributed by atoms with Gasteiger partial charge in [0.15, 0.2) is 0 Å². The second-order valence-electron chi connectivity index (χ2n) is 11.6. The first-order valence-corrected chi connectivity index (χ1v) is 14.8. The summed E-state index contributed by atoms with van der Waals surface area (Å²) in [4.78, 5) is 4.99. The monoisotopic (exact) mass is 558 g/mol. The summed E-state index contributed by atoms with van der Waals surface area (Å²) >= 11 is 0. The van der Waals surface area contributed by atoms with E-state index in [9.17, 15) is 10.2 Å². The third-order valence-electron chi connectivity index (χ3n) is 8.32. The van der Waals surface area contributed by atoms with Crippen molar-refractivity contribution in [2.75, 3.05) is 26.2 Å². The third kappa shape index (κ3) is 7.20. The molecule has 4 heteroatoms. The van der Waals surface area contributed by atoms with Crippen molar-refractivity contribution < 1.29 is 10.2 Å². The maximum Gasteiger partial charge on any atom is 0.125 e. The topological polar surface area (TPSA) is 46.9 Å². The lowest BCUT2D eigenvalue weighted by Crippen LogP contribution is -2.45. The van der Waals surface area contributed by atoms with Gasteiger partial charge >= 0.3 is 0 Å². The molecule has 1 aliphatic rings. The van der Waals surface area contributed by atoms with Crippen LogP contribution < -0.4 is 0 Å². The van der Waals surface area contributed by atoms with E-state index >= 15 is 0 Å². The van der Waals surface area contributed by atoms with Crippen LogP contribution in [0, 0.1) is 27.7 Å². The van der Waals surface area contributed by atoms with Crippen molar-refractivity contribution in [1.29, 1.82) is 0 Å². The van der Waals surface area contributed by atoms with E-state index in [4.69, 9.17) is 0 Å². The average Bonchev–Trinajstić information content (AvgIpc) is 2.97. The minimum atomic E-state index is 0.353. The van der Waals surface area contributed by atoms with Crippen molar-refractivity contribution in [3.05, 3.63) is 128 Å². The fourth-order valence-corrected chi connectivity index (χ4v) is 5.73. The molecule has 0 atom stereocenters. The van der Waals surface area contributed by atoms with Crippen LogP contribution in [0.1, 0.15) is 55.6 Å². The number of nitrogens with zero attached hydrogens (tertiary/aromatic N) is 2. The van der Waals surface area contributed by atoms with E-state index in [2.05, 4.69) is 84.3 Å². The summed E-state index contributed by atoms with van der Waals surface area (Å²) in [5.74, 6) is 0.705. The lowest BCUT2D eigenvalue weighted by Gasteiger charge is -2.35. The number of hydrogen-bond donors (Lipinski definition) is 2. The highest BCUT2D eigenvalue weighted by molar-refractivity contribution is 5.75. The van der Waals surface area contributed by atoms with E-state index in [0.29, 0.717) is 11.5 Å². The van der Waals surface area contributed by atoms with Crippen molar-refractivity contribution in [1.82, 2.24) is 9.80 Å². The average molecular weight is 559 g/mol. The van der Waals surface area contributed by atoms with E-state index in [-0.39, 0.29) is 0 Å². The van der Waals surface area contributed by atoms with E-state index in [1.807, 2.05) is 50.3 Å². The fraction of sp³-hybridized carbons (Fsp3) is 0.263. The second kappa shape index (κ2) is 13.2. The predicted molar refractivity (Wildman–Crippen MR) is 176 cm³/mol. The SMILES string of the molecule is Cc1ccccc1/C=C/c1cc(CN2CCN(Cc3cc(C)c(O)c(/C=C/c4ccccc4C)c3)CC2)cc(C)c1O. The predicted octanol–water partition coefficient (Wildman–Crippen LogP) is 7.99. The van der Waals surface area contributed by atoms with Crippen LogP contribution >= 0.6 is 0 Å². The van der Waals surface area contributed by atoms with Gasteiger partial charge in [0.1, 0.15) is 11.5 Å². The smallest absolute Gasteiger partial charge is 0.125 e. The maximum atomic E-state index is 10.7. The van der Waals surface area contributed by atoms with Gasteiger partial charge in [0.2, 0.25) is 0 Å². The molecule has 4 nitrogen and oxygen atoms in total. The normalized spacial score (nSPS) is 14.8. The molecule has 4 aromatic rings. The zero-order chi connectivity index (χ0) is 29.6. The van der Waals surface area contributed by atoms with Gasteiger partial charge in [-0.3, -0.25) is 9.80 Å². The summed E-state index contributed by atoms with van der Waals surface area (Å²) in [6.45, 7) is 13.9. The molecule has 1 aliphatic heterocycles. The Labute approximate surface area is 250 Å². The molecule has 0 unspecified atom stereocenters. The molecule has 0 amide bonds. The Morgan fingerprint density at radius 2 is 0.857 bits per heavy atom. The molecule has 0 radical (unpaired) electrons. The highest BCUT2D eigenvalue weighted by Gasteiger charge is 2.19. The Hall–Kier alpha value is -4.12.